The predicted molar refractivity (Wildman–Crippen MR) is 90.5 cm³/mol. The molecule has 1 aliphatic heterocycles. The standard InChI is InChI=1S/C18H24N2O3/c1-2-3-4-5-6-13-19-14-11-18(12-15-19)23-17-9-7-16(8-10-17)20(21)22/h7-10,18H,4-6,11-15H2,1H3. The Morgan fingerprint density at radius 2 is 1.96 bits per heavy atom. The summed E-state index contributed by atoms with van der Waals surface area (Å²) in [5, 5.41) is 10.6. The van der Waals surface area contributed by atoms with Crippen molar-refractivity contribution >= 4 is 5.69 Å². The quantitative estimate of drug-likeness (QED) is 0.333. The number of hydrogen-bond acceptors (Lipinski definition) is 4. The van der Waals surface area contributed by atoms with Crippen LogP contribution in [0.5, 0.6) is 5.75 Å². The molecule has 0 aliphatic carbocycles. The Morgan fingerprint density at radius 3 is 2.57 bits per heavy atom. The zero-order valence-corrected chi connectivity index (χ0v) is 13.7. The fraction of sp³-hybridized carbons (Fsp3) is 0.556. The SMILES string of the molecule is CC#CCCCCN1CCC(Oc2ccc([N+](=O)[O-])cc2)CC1. The molecule has 0 N–H and O–H groups in total. The van der Waals surface area contributed by atoms with Gasteiger partial charge < -0.3 is 9.64 Å². The number of non-ortho nitro benzene ring substituents is 1. The van der Waals surface area contributed by atoms with Gasteiger partial charge in [-0.15, -0.1) is 11.8 Å². The minimum absolute atomic E-state index is 0.0972. The maximum Gasteiger partial charge on any atom is 0.269 e. The molecule has 0 saturated carbocycles. The number of nitrogens with zero attached hydrogens (tertiary/aromatic N) is 2. The number of piperidine rings is 1. The van der Waals surface area contributed by atoms with Crippen LogP contribution in [0.3, 0.4) is 0 Å². The van der Waals surface area contributed by atoms with E-state index in [0.29, 0.717) is 5.75 Å². The van der Waals surface area contributed by atoms with Crippen molar-refractivity contribution in [2.75, 3.05) is 19.6 Å². The zero-order valence-electron chi connectivity index (χ0n) is 13.7. The molecule has 0 atom stereocenters. The predicted octanol–water partition coefficient (Wildman–Crippen LogP) is 3.63. The van der Waals surface area contributed by atoms with E-state index < -0.39 is 4.92 Å². The van der Waals surface area contributed by atoms with Crippen LogP contribution in [0.25, 0.3) is 0 Å². The third-order valence-corrected chi connectivity index (χ3v) is 4.09. The molecule has 0 unspecified atom stereocenters. The zero-order chi connectivity index (χ0) is 16.5. The van der Waals surface area contributed by atoms with Gasteiger partial charge in [0.05, 0.1) is 4.92 Å². The summed E-state index contributed by atoms with van der Waals surface area (Å²) in [6.07, 6.45) is 5.58. The van der Waals surface area contributed by atoms with E-state index in [0.717, 1.165) is 38.9 Å². The number of nitro benzene ring substituents is 1. The van der Waals surface area contributed by atoms with Crippen LogP contribution in [0.1, 0.15) is 39.0 Å². The van der Waals surface area contributed by atoms with E-state index in [2.05, 4.69) is 16.7 Å². The van der Waals surface area contributed by atoms with Crippen molar-refractivity contribution in [1.82, 2.24) is 4.90 Å². The van der Waals surface area contributed by atoms with Crippen LogP contribution >= 0.6 is 0 Å². The lowest BCUT2D eigenvalue weighted by atomic mass is 10.1. The largest absolute Gasteiger partial charge is 0.490 e. The lowest BCUT2D eigenvalue weighted by molar-refractivity contribution is -0.384. The first kappa shape index (κ1) is 17.3. The number of nitro groups is 1. The molecule has 0 amide bonds. The van der Waals surface area contributed by atoms with Gasteiger partial charge in [0.25, 0.3) is 5.69 Å². The van der Waals surface area contributed by atoms with Crippen molar-refractivity contribution in [3.05, 3.63) is 34.4 Å². The first-order chi connectivity index (χ1) is 11.2. The van der Waals surface area contributed by atoms with E-state index in [-0.39, 0.29) is 11.8 Å². The summed E-state index contributed by atoms with van der Waals surface area (Å²) in [5.74, 6) is 6.74. The van der Waals surface area contributed by atoms with E-state index in [4.69, 9.17) is 4.74 Å². The first-order valence-electron chi connectivity index (χ1n) is 8.22. The molecule has 0 radical (unpaired) electrons. The minimum atomic E-state index is -0.394. The Bertz CT molecular complexity index is 552. The van der Waals surface area contributed by atoms with Gasteiger partial charge in [0.15, 0.2) is 0 Å². The lowest BCUT2D eigenvalue weighted by Gasteiger charge is -2.32. The second kappa shape index (κ2) is 9.16. The second-order valence-electron chi connectivity index (χ2n) is 5.79. The Labute approximate surface area is 137 Å². The molecule has 124 valence electrons. The van der Waals surface area contributed by atoms with Gasteiger partial charge in [-0.3, -0.25) is 10.1 Å². The van der Waals surface area contributed by atoms with Crippen LogP contribution < -0.4 is 4.74 Å². The van der Waals surface area contributed by atoms with Gasteiger partial charge in [0.2, 0.25) is 0 Å². The van der Waals surface area contributed by atoms with Crippen LogP contribution in [0.15, 0.2) is 24.3 Å². The van der Waals surface area contributed by atoms with Gasteiger partial charge in [-0.25, -0.2) is 0 Å². The van der Waals surface area contributed by atoms with E-state index in [9.17, 15) is 10.1 Å². The molecule has 1 aromatic carbocycles. The number of unbranched alkanes of at least 4 members (excludes halogenated alkanes) is 2. The fourth-order valence-electron chi connectivity index (χ4n) is 2.76. The van der Waals surface area contributed by atoms with Crippen molar-refractivity contribution in [2.24, 2.45) is 0 Å². The van der Waals surface area contributed by atoms with Gasteiger partial charge in [0, 0.05) is 31.6 Å². The molecule has 1 aromatic rings. The summed E-state index contributed by atoms with van der Waals surface area (Å²) in [6, 6.07) is 6.34. The fourth-order valence-corrected chi connectivity index (χ4v) is 2.76. The summed E-state index contributed by atoms with van der Waals surface area (Å²) >= 11 is 0. The van der Waals surface area contributed by atoms with Gasteiger partial charge in [0.1, 0.15) is 11.9 Å². The number of likely N-dealkylation sites (tertiary alicyclic amines) is 1. The highest BCUT2D eigenvalue weighted by molar-refractivity contribution is 5.36. The summed E-state index contributed by atoms with van der Waals surface area (Å²) in [4.78, 5) is 12.7. The van der Waals surface area contributed by atoms with Crippen LogP contribution in [-0.4, -0.2) is 35.6 Å². The third-order valence-electron chi connectivity index (χ3n) is 4.09. The van der Waals surface area contributed by atoms with Crippen molar-refractivity contribution in [2.45, 2.75) is 45.1 Å². The molecule has 0 aromatic heterocycles. The van der Waals surface area contributed by atoms with Crippen molar-refractivity contribution < 1.29 is 9.66 Å². The van der Waals surface area contributed by atoms with E-state index in [1.165, 1.54) is 25.0 Å². The van der Waals surface area contributed by atoms with E-state index in [1.807, 2.05) is 6.92 Å². The summed E-state index contributed by atoms with van der Waals surface area (Å²) in [6.45, 7) is 5.12. The lowest BCUT2D eigenvalue weighted by Crippen LogP contribution is -2.38. The Kier molecular flexibility index (Phi) is 6.89. The van der Waals surface area contributed by atoms with Crippen LogP contribution in [0.4, 0.5) is 5.69 Å². The highest BCUT2D eigenvalue weighted by Crippen LogP contribution is 2.22. The number of hydrogen-bond donors (Lipinski definition) is 0. The van der Waals surface area contributed by atoms with Crippen LogP contribution in [0.2, 0.25) is 0 Å². The van der Waals surface area contributed by atoms with E-state index >= 15 is 0 Å². The topological polar surface area (TPSA) is 55.6 Å². The highest BCUT2D eigenvalue weighted by Gasteiger charge is 2.20. The highest BCUT2D eigenvalue weighted by atomic mass is 16.6. The Hall–Kier alpha value is -2.06. The smallest absolute Gasteiger partial charge is 0.269 e. The molecule has 1 heterocycles. The molecule has 5 heteroatoms. The summed E-state index contributed by atoms with van der Waals surface area (Å²) in [5.41, 5.74) is 0.0972. The molecular formula is C18H24N2O3. The second-order valence-corrected chi connectivity index (χ2v) is 5.79. The van der Waals surface area contributed by atoms with Gasteiger partial charge in [-0.2, -0.15) is 0 Å². The maximum absolute atomic E-state index is 10.6. The number of benzene rings is 1. The molecular weight excluding hydrogens is 292 g/mol. The molecule has 1 saturated heterocycles. The third kappa shape index (κ3) is 5.91. The molecule has 2 rings (SSSR count). The molecule has 1 aliphatic rings. The monoisotopic (exact) mass is 316 g/mol. The maximum atomic E-state index is 10.6. The summed E-state index contributed by atoms with van der Waals surface area (Å²) < 4.78 is 5.93. The van der Waals surface area contributed by atoms with E-state index in [1.54, 1.807) is 12.1 Å². The normalized spacial score (nSPS) is 15.7. The van der Waals surface area contributed by atoms with Crippen LogP contribution in [0, 0.1) is 22.0 Å². The average molecular weight is 316 g/mol. The van der Waals surface area contributed by atoms with Gasteiger partial charge >= 0.3 is 0 Å². The Balaban J connectivity index is 1.67. The molecule has 5 nitrogen and oxygen atoms in total. The number of ether oxygens (including phenoxy) is 1. The minimum Gasteiger partial charge on any atom is -0.490 e. The van der Waals surface area contributed by atoms with Gasteiger partial charge in [-0.1, -0.05) is 0 Å². The molecule has 0 bridgehead atoms. The van der Waals surface area contributed by atoms with Crippen LogP contribution in [-0.2, 0) is 0 Å². The van der Waals surface area contributed by atoms with Crippen molar-refractivity contribution in [3.8, 4) is 17.6 Å². The van der Waals surface area contributed by atoms with Crippen molar-refractivity contribution in [1.29, 1.82) is 0 Å². The molecule has 1 fully saturated rings. The molecule has 0 spiro atoms. The Morgan fingerprint density at radius 1 is 1.26 bits per heavy atom. The number of rotatable bonds is 7. The first-order valence-corrected chi connectivity index (χ1v) is 8.22. The average Bonchev–Trinajstić information content (AvgIpc) is 2.57. The van der Waals surface area contributed by atoms with Crippen molar-refractivity contribution in [3.63, 3.8) is 0 Å². The summed E-state index contributed by atoms with van der Waals surface area (Å²) in [7, 11) is 0. The van der Waals surface area contributed by atoms with Gasteiger partial charge in [-0.05, 0) is 51.3 Å². The molecule has 23 heavy (non-hydrogen) atoms.